The zero-order valence-corrected chi connectivity index (χ0v) is 8.75. The zero-order chi connectivity index (χ0) is 9.84. The molecule has 1 nitrogen and oxygen atoms in total. The Labute approximate surface area is 81.0 Å². The third-order valence-electron chi connectivity index (χ3n) is 2.46. The van der Waals surface area contributed by atoms with Crippen molar-refractivity contribution in [3.63, 3.8) is 0 Å². The first-order valence-corrected chi connectivity index (χ1v) is 4.99. The Morgan fingerprint density at radius 1 is 1.31 bits per heavy atom. The van der Waals surface area contributed by atoms with Crippen LogP contribution in [0.2, 0.25) is 0 Å². The van der Waals surface area contributed by atoms with E-state index < -0.39 is 0 Å². The van der Waals surface area contributed by atoms with Crippen LogP contribution in [0.1, 0.15) is 37.9 Å². The van der Waals surface area contributed by atoms with Crippen LogP contribution in [-0.4, -0.2) is 0 Å². The number of hydrogen-bond acceptors (Lipinski definition) is 1. The van der Waals surface area contributed by atoms with Gasteiger partial charge in [0.2, 0.25) is 0 Å². The minimum Gasteiger partial charge on any atom is -0.324 e. The molecule has 1 rings (SSSR count). The van der Waals surface area contributed by atoms with E-state index in [-0.39, 0.29) is 6.04 Å². The summed E-state index contributed by atoms with van der Waals surface area (Å²) >= 11 is 0. The number of nitrogens with two attached hydrogens (primary N) is 1. The van der Waals surface area contributed by atoms with Gasteiger partial charge in [-0.25, -0.2) is 0 Å². The summed E-state index contributed by atoms with van der Waals surface area (Å²) < 4.78 is 0. The Bertz CT molecular complexity index is 266. The van der Waals surface area contributed by atoms with Gasteiger partial charge in [0, 0.05) is 6.04 Å². The summed E-state index contributed by atoms with van der Waals surface area (Å²) in [5, 5.41) is 0. The average Bonchev–Trinajstić information content (AvgIpc) is 2.16. The van der Waals surface area contributed by atoms with Crippen molar-refractivity contribution in [3.05, 3.63) is 35.4 Å². The molecule has 0 aromatic heterocycles. The maximum Gasteiger partial charge on any atom is 0.0318 e. The monoisotopic (exact) mass is 177 g/mol. The maximum absolute atomic E-state index is 6.06. The topological polar surface area (TPSA) is 26.0 Å². The lowest BCUT2D eigenvalue weighted by Gasteiger charge is -2.16. The lowest BCUT2D eigenvalue weighted by molar-refractivity contribution is 0.514. The van der Waals surface area contributed by atoms with Crippen molar-refractivity contribution in [3.8, 4) is 0 Å². The number of rotatable bonds is 3. The van der Waals surface area contributed by atoms with E-state index in [0.717, 1.165) is 6.42 Å². The van der Waals surface area contributed by atoms with Gasteiger partial charge in [-0.15, -0.1) is 0 Å². The average molecular weight is 177 g/mol. The summed E-state index contributed by atoms with van der Waals surface area (Å²) in [6, 6.07) is 8.74. The van der Waals surface area contributed by atoms with Crippen LogP contribution in [0.5, 0.6) is 0 Å². The molecule has 0 saturated carbocycles. The van der Waals surface area contributed by atoms with E-state index in [1.807, 2.05) is 0 Å². The Balaban J connectivity index is 2.88. The first-order chi connectivity index (χ1) is 6.15. The third-order valence-corrected chi connectivity index (χ3v) is 2.46. The highest BCUT2D eigenvalue weighted by atomic mass is 14.6. The Morgan fingerprint density at radius 3 is 2.54 bits per heavy atom. The predicted octanol–water partition coefficient (Wildman–Crippen LogP) is 2.90. The molecule has 0 bridgehead atoms. The third kappa shape index (κ3) is 2.56. The van der Waals surface area contributed by atoms with Crippen LogP contribution in [0.4, 0.5) is 0 Å². The fourth-order valence-corrected chi connectivity index (χ4v) is 1.41. The van der Waals surface area contributed by atoms with Crippen LogP contribution in [0.15, 0.2) is 24.3 Å². The predicted molar refractivity (Wildman–Crippen MR) is 57.6 cm³/mol. The van der Waals surface area contributed by atoms with Gasteiger partial charge >= 0.3 is 0 Å². The van der Waals surface area contributed by atoms with E-state index >= 15 is 0 Å². The summed E-state index contributed by atoms with van der Waals surface area (Å²) in [6.45, 7) is 6.48. The highest BCUT2D eigenvalue weighted by Crippen LogP contribution is 2.19. The highest BCUT2D eigenvalue weighted by molar-refractivity contribution is 5.26. The quantitative estimate of drug-likeness (QED) is 0.754. The molecule has 1 heteroatoms. The van der Waals surface area contributed by atoms with E-state index in [2.05, 4.69) is 45.0 Å². The van der Waals surface area contributed by atoms with Crippen molar-refractivity contribution < 1.29 is 0 Å². The molecule has 1 aromatic carbocycles. The summed E-state index contributed by atoms with van der Waals surface area (Å²) in [7, 11) is 0. The molecule has 0 heterocycles. The van der Waals surface area contributed by atoms with Crippen LogP contribution < -0.4 is 5.73 Å². The van der Waals surface area contributed by atoms with Gasteiger partial charge in [0.1, 0.15) is 0 Å². The van der Waals surface area contributed by atoms with Gasteiger partial charge < -0.3 is 5.73 Å². The largest absolute Gasteiger partial charge is 0.324 e. The second kappa shape index (κ2) is 4.43. The molecule has 0 amide bonds. The molecule has 0 aliphatic carbocycles. The summed E-state index contributed by atoms with van der Waals surface area (Å²) in [6.07, 6.45) is 1.08. The number of benzene rings is 1. The number of aryl methyl sites for hydroxylation is 1. The fourth-order valence-electron chi connectivity index (χ4n) is 1.41. The SMILES string of the molecule is CCc1cccc(C(N)C(C)C)c1. The van der Waals surface area contributed by atoms with Crippen molar-refractivity contribution in [1.82, 2.24) is 0 Å². The molecular formula is C12H19N. The molecule has 1 atom stereocenters. The Morgan fingerprint density at radius 2 is 2.00 bits per heavy atom. The Kier molecular flexibility index (Phi) is 3.49. The molecule has 1 unspecified atom stereocenters. The molecule has 0 saturated heterocycles. The van der Waals surface area contributed by atoms with Crippen LogP contribution in [-0.2, 0) is 6.42 Å². The van der Waals surface area contributed by atoms with Crippen molar-refractivity contribution in [2.75, 3.05) is 0 Å². The van der Waals surface area contributed by atoms with Gasteiger partial charge in [-0.3, -0.25) is 0 Å². The smallest absolute Gasteiger partial charge is 0.0318 e. The second-order valence-corrected chi connectivity index (χ2v) is 3.87. The van der Waals surface area contributed by atoms with E-state index in [9.17, 15) is 0 Å². The second-order valence-electron chi connectivity index (χ2n) is 3.87. The minimum atomic E-state index is 0.173. The molecular weight excluding hydrogens is 158 g/mol. The van der Waals surface area contributed by atoms with Crippen molar-refractivity contribution in [1.29, 1.82) is 0 Å². The Hall–Kier alpha value is -0.820. The van der Waals surface area contributed by atoms with E-state index in [4.69, 9.17) is 5.73 Å². The van der Waals surface area contributed by atoms with Gasteiger partial charge in [0.25, 0.3) is 0 Å². The summed E-state index contributed by atoms with van der Waals surface area (Å²) in [5.41, 5.74) is 8.69. The lowest BCUT2D eigenvalue weighted by Crippen LogP contribution is -2.16. The summed E-state index contributed by atoms with van der Waals surface area (Å²) in [4.78, 5) is 0. The van der Waals surface area contributed by atoms with E-state index in [0.29, 0.717) is 5.92 Å². The van der Waals surface area contributed by atoms with Crippen molar-refractivity contribution in [2.45, 2.75) is 33.2 Å². The molecule has 1 aromatic rings. The van der Waals surface area contributed by atoms with Crippen LogP contribution >= 0.6 is 0 Å². The van der Waals surface area contributed by atoms with Gasteiger partial charge in [-0.1, -0.05) is 45.0 Å². The molecule has 0 fully saturated rings. The van der Waals surface area contributed by atoms with Gasteiger partial charge in [-0.2, -0.15) is 0 Å². The first-order valence-electron chi connectivity index (χ1n) is 4.99. The minimum absolute atomic E-state index is 0.173. The molecule has 0 radical (unpaired) electrons. The van der Waals surface area contributed by atoms with E-state index in [1.54, 1.807) is 0 Å². The van der Waals surface area contributed by atoms with Crippen LogP contribution in [0, 0.1) is 5.92 Å². The molecule has 13 heavy (non-hydrogen) atoms. The highest BCUT2D eigenvalue weighted by Gasteiger charge is 2.09. The lowest BCUT2D eigenvalue weighted by atomic mass is 9.95. The number of hydrogen-bond donors (Lipinski definition) is 1. The standard InChI is InChI=1S/C12H19N/c1-4-10-6-5-7-11(8-10)12(13)9(2)3/h5-9,12H,4,13H2,1-3H3. The van der Waals surface area contributed by atoms with Crippen molar-refractivity contribution >= 4 is 0 Å². The normalized spacial score (nSPS) is 13.3. The van der Waals surface area contributed by atoms with Gasteiger partial charge in [0.05, 0.1) is 0 Å². The maximum atomic E-state index is 6.06. The molecule has 72 valence electrons. The summed E-state index contributed by atoms with van der Waals surface area (Å²) in [5.74, 6) is 0.507. The fraction of sp³-hybridized carbons (Fsp3) is 0.500. The van der Waals surface area contributed by atoms with Gasteiger partial charge in [0.15, 0.2) is 0 Å². The van der Waals surface area contributed by atoms with Crippen LogP contribution in [0.25, 0.3) is 0 Å². The van der Waals surface area contributed by atoms with E-state index in [1.165, 1.54) is 11.1 Å². The zero-order valence-electron chi connectivity index (χ0n) is 8.75. The van der Waals surface area contributed by atoms with Crippen molar-refractivity contribution in [2.24, 2.45) is 11.7 Å². The first kappa shape index (κ1) is 10.3. The van der Waals surface area contributed by atoms with Crippen LogP contribution in [0.3, 0.4) is 0 Å². The molecule has 0 aliphatic rings. The van der Waals surface area contributed by atoms with Gasteiger partial charge in [-0.05, 0) is 23.5 Å². The molecule has 0 aliphatic heterocycles. The molecule has 0 spiro atoms. The molecule has 2 N–H and O–H groups in total.